The molecule has 1 heterocycles. The third-order valence-corrected chi connectivity index (χ3v) is 5.34. The molecule has 0 aliphatic carbocycles. The van der Waals surface area contributed by atoms with Crippen molar-refractivity contribution < 1.29 is 23.8 Å². The largest absolute Gasteiger partial charge is 0.490 e. The Balaban J connectivity index is 1.80. The van der Waals surface area contributed by atoms with Crippen molar-refractivity contribution in [1.82, 2.24) is 4.98 Å². The van der Waals surface area contributed by atoms with Crippen molar-refractivity contribution in [3.63, 3.8) is 0 Å². The Kier molecular flexibility index (Phi) is 9.73. The van der Waals surface area contributed by atoms with Crippen LogP contribution in [0.2, 0.25) is 5.02 Å². The molecule has 0 aliphatic heterocycles. The molecule has 0 atom stereocenters. The van der Waals surface area contributed by atoms with Gasteiger partial charge in [0.05, 0.1) is 24.1 Å². The summed E-state index contributed by atoms with van der Waals surface area (Å²) in [6, 6.07) is 13.5. The van der Waals surface area contributed by atoms with Gasteiger partial charge in [0.2, 0.25) is 0 Å². The molecule has 0 fully saturated rings. The van der Waals surface area contributed by atoms with E-state index in [9.17, 15) is 9.59 Å². The Morgan fingerprint density at radius 2 is 1.87 bits per heavy atom. The number of hydrogen-bond donors (Lipinski definition) is 4. The number of hydrogen-bond acceptors (Lipinski definition) is 8. The standard InChI is InChI=1S/C28H32ClN5O5/c1-5-37-23-8-6-7-17(25(23)38-16-24(35)39-28(2,3)4)14-32-21-11-9-18(29)13-20(21)27(36)34-19-10-12-22(26(30)31)33-15-19/h6-13,15,32H,5,14,16H2,1-4H3,(H3,30,31)(H,34,36). The molecule has 3 aromatic rings. The van der Waals surface area contributed by atoms with Crippen molar-refractivity contribution in [3.05, 3.63) is 76.6 Å². The highest BCUT2D eigenvalue weighted by molar-refractivity contribution is 6.31. The van der Waals surface area contributed by atoms with Crippen LogP contribution in [0.25, 0.3) is 0 Å². The van der Waals surface area contributed by atoms with Crippen LogP contribution in [-0.4, -0.2) is 41.5 Å². The predicted octanol–water partition coefficient (Wildman–Crippen LogP) is 5.00. The lowest BCUT2D eigenvalue weighted by Crippen LogP contribution is -2.27. The van der Waals surface area contributed by atoms with E-state index in [2.05, 4.69) is 15.6 Å². The number of esters is 1. The number of pyridine rings is 1. The quantitative estimate of drug-likeness (QED) is 0.147. The zero-order valence-electron chi connectivity index (χ0n) is 22.3. The van der Waals surface area contributed by atoms with E-state index in [0.29, 0.717) is 51.3 Å². The fraction of sp³-hybridized carbons (Fsp3) is 0.286. The van der Waals surface area contributed by atoms with Crippen molar-refractivity contribution in [2.45, 2.75) is 39.8 Å². The zero-order valence-corrected chi connectivity index (χ0v) is 23.0. The van der Waals surface area contributed by atoms with Gasteiger partial charge in [-0.15, -0.1) is 0 Å². The number of carbonyl (C=O) groups excluding carboxylic acids is 2. The van der Waals surface area contributed by atoms with Crippen molar-refractivity contribution in [2.24, 2.45) is 5.73 Å². The maximum absolute atomic E-state index is 13.1. The number of carbonyl (C=O) groups is 2. The van der Waals surface area contributed by atoms with E-state index >= 15 is 0 Å². The molecular weight excluding hydrogens is 522 g/mol. The van der Waals surface area contributed by atoms with Crippen LogP contribution in [0, 0.1) is 5.41 Å². The molecule has 39 heavy (non-hydrogen) atoms. The average molecular weight is 554 g/mol. The minimum absolute atomic E-state index is 0.169. The summed E-state index contributed by atoms with van der Waals surface area (Å²) in [5.74, 6) is -0.209. The number of amidine groups is 1. The van der Waals surface area contributed by atoms with Crippen LogP contribution < -0.4 is 25.8 Å². The number of halogens is 1. The molecule has 0 saturated carbocycles. The van der Waals surface area contributed by atoms with Gasteiger partial charge in [0, 0.05) is 22.8 Å². The van der Waals surface area contributed by atoms with Gasteiger partial charge in [-0.25, -0.2) is 4.79 Å². The molecule has 1 aromatic heterocycles. The molecule has 11 heteroatoms. The smallest absolute Gasteiger partial charge is 0.344 e. The highest BCUT2D eigenvalue weighted by Gasteiger charge is 2.19. The number of ether oxygens (including phenoxy) is 3. The molecule has 2 aromatic carbocycles. The van der Waals surface area contributed by atoms with Gasteiger partial charge in [-0.1, -0.05) is 23.7 Å². The van der Waals surface area contributed by atoms with E-state index in [1.807, 2.05) is 19.1 Å². The van der Waals surface area contributed by atoms with Gasteiger partial charge in [-0.05, 0) is 64.1 Å². The van der Waals surface area contributed by atoms with Crippen LogP contribution in [0.3, 0.4) is 0 Å². The molecule has 0 aliphatic rings. The number of amides is 1. The minimum atomic E-state index is -0.638. The van der Waals surface area contributed by atoms with E-state index < -0.39 is 17.5 Å². The molecule has 0 saturated heterocycles. The van der Waals surface area contributed by atoms with Gasteiger partial charge in [-0.3, -0.25) is 15.2 Å². The first-order chi connectivity index (χ1) is 18.5. The highest BCUT2D eigenvalue weighted by atomic mass is 35.5. The first-order valence-electron chi connectivity index (χ1n) is 12.2. The van der Waals surface area contributed by atoms with Crippen molar-refractivity contribution in [1.29, 1.82) is 5.41 Å². The predicted molar refractivity (Wildman–Crippen MR) is 151 cm³/mol. The summed E-state index contributed by atoms with van der Waals surface area (Å²) in [6.07, 6.45) is 1.42. The number of nitrogens with one attached hydrogen (secondary N) is 3. The van der Waals surface area contributed by atoms with E-state index in [1.54, 1.807) is 57.2 Å². The van der Waals surface area contributed by atoms with E-state index in [-0.39, 0.29) is 19.0 Å². The summed E-state index contributed by atoms with van der Waals surface area (Å²) < 4.78 is 16.9. The lowest BCUT2D eigenvalue weighted by molar-refractivity contribution is -0.157. The van der Waals surface area contributed by atoms with Crippen LogP contribution in [0.4, 0.5) is 11.4 Å². The minimum Gasteiger partial charge on any atom is -0.490 e. The van der Waals surface area contributed by atoms with Crippen LogP contribution in [0.1, 0.15) is 49.3 Å². The number of anilines is 2. The van der Waals surface area contributed by atoms with E-state index in [1.165, 1.54) is 6.20 Å². The molecule has 0 bridgehead atoms. The third kappa shape index (κ3) is 8.61. The summed E-state index contributed by atoms with van der Waals surface area (Å²) in [5, 5.41) is 13.9. The maximum atomic E-state index is 13.1. The van der Waals surface area contributed by atoms with Gasteiger partial charge in [0.15, 0.2) is 18.1 Å². The van der Waals surface area contributed by atoms with Gasteiger partial charge in [0.25, 0.3) is 5.91 Å². The SMILES string of the molecule is CCOc1cccc(CNc2ccc(Cl)cc2C(=O)Nc2ccc(C(=N)N)nc2)c1OCC(=O)OC(C)(C)C. The fourth-order valence-electron chi connectivity index (χ4n) is 3.51. The lowest BCUT2D eigenvalue weighted by atomic mass is 10.1. The van der Waals surface area contributed by atoms with Crippen molar-refractivity contribution in [2.75, 3.05) is 23.8 Å². The van der Waals surface area contributed by atoms with Crippen molar-refractivity contribution >= 4 is 40.7 Å². The monoisotopic (exact) mass is 553 g/mol. The molecule has 206 valence electrons. The lowest BCUT2D eigenvalue weighted by Gasteiger charge is -2.21. The van der Waals surface area contributed by atoms with Crippen LogP contribution in [-0.2, 0) is 16.1 Å². The molecular formula is C28H32ClN5O5. The van der Waals surface area contributed by atoms with E-state index in [0.717, 1.165) is 0 Å². The Hall–Kier alpha value is -4.31. The summed E-state index contributed by atoms with van der Waals surface area (Å²) in [6.45, 7) is 7.57. The summed E-state index contributed by atoms with van der Waals surface area (Å²) in [7, 11) is 0. The number of rotatable bonds is 11. The highest BCUT2D eigenvalue weighted by Crippen LogP contribution is 2.33. The van der Waals surface area contributed by atoms with Crippen LogP contribution in [0.15, 0.2) is 54.7 Å². The number of nitrogens with two attached hydrogens (primary N) is 1. The van der Waals surface area contributed by atoms with Crippen LogP contribution in [0.5, 0.6) is 11.5 Å². The number of benzene rings is 2. The summed E-state index contributed by atoms with van der Waals surface area (Å²) in [4.78, 5) is 29.4. The summed E-state index contributed by atoms with van der Waals surface area (Å²) in [5.41, 5.74) is 7.06. The van der Waals surface area contributed by atoms with Crippen molar-refractivity contribution in [3.8, 4) is 11.5 Å². The van der Waals surface area contributed by atoms with Crippen LogP contribution >= 0.6 is 11.6 Å². The van der Waals surface area contributed by atoms with Gasteiger partial charge >= 0.3 is 5.97 Å². The second-order valence-electron chi connectivity index (χ2n) is 9.40. The zero-order chi connectivity index (χ0) is 28.6. The average Bonchev–Trinajstić information content (AvgIpc) is 2.86. The second-order valence-corrected chi connectivity index (χ2v) is 9.83. The Labute approximate surface area is 232 Å². The number of nitrogen functional groups attached to an aromatic ring is 1. The van der Waals surface area contributed by atoms with Gasteiger partial charge in [-0.2, -0.15) is 0 Å². The third-order valence-electron chi connectivity index (χ3n) is 5.11. The first kappa shape index (κ1) is 29.2. The Morgan fingerprint density at radius 3 is 2.51 bits per heavy atom. The van der Waals surface area contributed by atoms with E-state index in [4.69, 9.17) is 37.0 Å². The molecule has 10 nitrogen and oxygen atoms in total. The molecule has 0 radical (unpaired) electrons. The molecule has 1 amide bonds. The van der Waals surface area contributed by atoms with Gasteiger partial charge in [0.1, 0.15) is 17.1 Å². The molecule has 0 unspecified atom stereocenters. The fourth-order valence-corrected chi connectivity index (χ4v) is 3.68. The van der Waals surface area contributed by atoms with Gasteiger partial charge < -0.3 is 30.6 Å². The molecule has 0 spiro atoms. The Bertz CT molecular complexity index is 1340. The maximum Gasteiger partial charge on any atom is 0.344 e. The Morgan fingerprint density at radius 1 is 1.10 bits per heavy atom. The topological polar surface area (TPSA) is 149 Å². The molecule has 3 rings (SSSR count). The first-order valence-corrected chi connectivity index (χ1v) is 12.6. The summed E-state index contributed by atoms with van der Waals surface area (Å²) >= 11 is 6.20. The molecule has 5 N–H and O–H groups in total. The normalized spacial score (nSPS) is 10.9. The number of aromatic nitrogens is 1. The number of para-hydroxylation sites is 1. The second kappa shape index (κ2) is 13.0. The number of nitrogens with zero attached hydrogens (tertiary/aromatic N) is 1.